The topological polar surface area (TPSA) is 24.9 Å². The number of hydrogen-bond donors (Lipinski definition) is 1. The van der Waals surface area contributed by atoms with Crippen LogP contribution in [0.15, 0.2) is 24.3 Å². The lowest BCUT2D eigenvalue weighted by atomic mass is 10.0. The van der Waals surface area contributed by atoms with Gasteiger partial charge in [-0.3, -0.25) is 0 Å². The van der Waals surface area contributed by atoms with Crippen LogP contribution in [0, 0.1) is 13.8 Å². The third-order valence-corrected chi connectivity index (χ3v) is 5.73. The molecule has 0 spiro atoms. The summed E-state index contributed by atoms with van der Waals surface area (Å²) in [7, 11) is 0. The highest BCUT2D eigenvalue weighted by Gasteiger charge is 2.29. The van der Waals surface area contributed by atoms with Gasteiger partial charge in [-0.2, -0.15) is 0 Å². The molecule has 4 rings (SSSR count). The molecule has 0 amide bonds. The number of thiazole rings is 1. The van der Waals surface area contributed by atoms with E-state index in [1.165, 1.54) is 52.4 Å². The largest absolute Gasteiger partial charge is 0.301 e. The van der Waals surface area contributed by atoms with E-state index in [0.29, 0.717) is 6.04 Å². The standard InChI is InChI=1S/C18H22N2S/c1-11-12(2)21-18(19-11)17(20-16-9-10-16)15-7-5-14(6-8-15)13-3-4-13/h5-8,13,16-17,20H,3-4,9-10H2,1-2H3. The monoisotopic (exact) mass is 298 g/mol. The Morgan fingerprint density at radius 3 is 2.33 bits per heavy atom. The second kappa shape index (κ2) is 5.22. The number of nitrogens with zero attached hydrogens (tertiary/aromatic N) is 1. The smallest absolute Gasteiger partial charge is 0.115 e. The Balaban J connectivity index is 1.64. The van der Waals surface area contributed by atoms with E-state index in [1.807, 2.05) is 11.3 Å². The first kappa shape index (κ1) is 13.5. The minimum Gasteiger partial charge on any atom is -0.301 e. The van der Waals surface area contributed by atoms with Crippen molar-refractivity contribution in [1.29, 1.82) is 0 Å². The maximum absolute atomic E-state index is 4.79. The number of rotatable bonds is 5. The predicted octanol–water partition coefficient (Wildman–Crippen LogP) is 4.48. The first-order chi connectivity index (χ1) is 10.2. The van der Waals surface area contributed by atoms with Gasteiger partial charge >= 0.3 is 0 Å². The summed E-state index contributed by atoms with van der Waals surface area (Å²) in [6, 6.07) is 10.2. The van der Waals surface area contributed by atoms with E-state index in [-0.39, 0.29) is 6.04 Å². The lowest BCUT2D eigenvalue weighted by Gasteiger charge is -2.17. The van der Waals surface area contributed by atoms with Crippen molar-refractivity contribution in [2.24, 2.45) is 0 Å². The van der Waals surface area contributed by atoms with E-state index in [2.05, 4.69) is 43.4 Å². The summed E-state index contributed by atoms with van der Waals surface area (Å²) in [6.45, 7) is 4.28. The number of benzene rings is 1. The summed E-state index contributed by atoms with van der Waals surface area (Å²) >= 11 is 1.84. The van der Waals surface area contributed by atoms with Gasteiger partial charge in [-0.15, -0.1) is 11.3 Å². The summed E-state index contributed by atoms with van der Waals surface area (Å²) in [5, 5.41) is 4.99. The molecule has 2 fully saturated rings. The predicted molar refractivity (Wildman–Crippen MR) is 88.0 cm³/mol. The highest BCUT2D eigenvalue weighted by Crippen LogP contribution is 2.40. The van der Waals surface area contributed by atoms with Crippen LogP contribution in [-0.4, -0.2) is 11.0 Å². The maximum Gasteiger partial charge on any atom is 0.115 e. The van der Waals surface area contributed by atoms with Gasteiger partial charge in [-0.05, 0) is 56.6 Å². The molecule has 110 valence electrons. The molecular weight excluding hydrogens is 276 g/mol. The molecule has 1 unspecified atom stereocenters. The molecule has 0 bridgehead atoms. The van der Waals surface area contributed by atoms with Crippen LogP contribution in [0.5, 0.6) is 0 Å². The molecule has 21 heavy (non-hydrogen) atoms. The van der Waals surface area contributed by atoms with Crippen molar-refractivity contribution in [1.82, 2.24) is 10.3 Å². The van der Waals surface area contributed by atoms with Crippen molar-refractivity contribution >= 4 is 11.3 Å². The Labute approximate surface area is 130 Å². The molecule has 1 N–H and O–H groups in total. The van der Waals surface area contributed by atoms with Crippen molar-refractivity contribution in [3.63, 3.8) is 0 Å². The highest BCUT2D eigenvalue weighted by atomic mass is 32.1. The van der Waals surface area contributed by atoms with Crippen molar-refractivity contribution < 1.29 is 0 Å². The summed E-state index contributed by atoms with van der Waals surface area (Å²) in [5.41, 5.74) is 4.04. The fraction of sp³-hybridized carbons (Fsp3) is 0.500. The SMILES string of the molecule is Cc1nc(C(NC2CC2)c2ccc(C3CC3)cc2)sc1C. The van der Waals surface area contributed by atoms with E-state index >= 15 is 0 Å². The Morgan fingerprint density at radius 1 is 1.10 bits per heavy atom. The normalized spacial score (nSPS) is 19.7. The Bertz CT molecular complexity index is 616. The summed E-state index contributed by atoms with van der Waals surface area (Å²) in [5.74, 6) is 0.832. The van der Waals surface area contributed by atoms with Gasteiger partial charge in [-0.25, -0.2) is 4.98 Å². The lowest BCUT2D eigenvalue weighted by Crippen LogP contribution is -2.24. The minimum atomic E-state index is 0.267. The second-order valence-electron chi connectivity index (χ2n) is 6.51. The summed E-state index contributed by atoms with van der Waals surface area (Å²) < 4.78 is 0. The number of aryl methyl sites for hydroxylation is 2. The third-order valence-electron chi connectivity index (χ3n) is 4.59. The Kier molecular flexibility index (Phi) is 3.35. The van der Waals surface area contributed by atoms with Crippen molar-refractivity contribution in [2.75, 3.05) is 0 Å². The van der Waals surface area contributed by atoms with Crippen LogP contribution >= 0.6 is 11.3 Å². The van der Waals surface area contributed by atoms with Gasteiger partial charge in [0, 0.05) is 10.9 Å². The van der Waals surface area contributed by atoms with Crippen LogP contribution < -0.4 is 5.32 Å². The zero-order chi connectivity index (χ0) is 14.4. The van der Waals surface area contributed by atoms with E-state index in [0.717, 1.165) is 5.92 Å². The molecule has 2 aliphatic rings. The molecule has 1 aromatic heterocycles. The minimum absolute atomic E-state index is 0.267. The van der Waals surface area contributed by atoms with Crippen molar-refractivity contribution in [3.8, 4) is 0 Å². The van der Waals surface area contributed by atoms with Crippen LogP contribution in [0.4, 0.5) is 0 Å². The van der Waals surface area contributed by atoms with Gasteiger partial charge in [0.2, 0.25) is 0 Å². The molecule has 2 aromatic rings. The van der Waals surface area contributed by atoms with Gasteiger partial charge < -0.3 is 5.32 Å². The maximum atomic E-state index is 4.79. The van der Waals surface area contributed by atoms with Gasteiger partial charge in [0.05, 0.1) is 11.7 Å². The molecule has 0 aliphatic heterocycles. The molecule has 2 aliphatic carbocycles. The zero-order valence-corrected chi connectivity index (χ0v) is 13.5. The van der Waals surface area contributed by atoms with Gasteiger partial charge in [0.1, 0.15) is 5.01 Å². The second-order valence-corrected chi connectivity index (χ2v) is 7.74. The number of hydrogen-bond acceptors (Lipinski definition) is 3. The third kappa shape index (κ3) is 2.90. The Morgan fingerprint density at radius 2 is 1.81 bits per heavy atom. The molecular formula is C18H22N2S. The quantitative estimate of drug-likeness (QED) is 0.880. The molecule has 0 radical (unpaired) electrons. The fourth-order valence-corrected chi connectivity index (χ4v) is 3.81. The van der Waals surface area contributed by atoms with E-state index < -0.39 is 0 Å². The summed E-state index contributed by atoms with van der Waals surface area (Å²) in [6.07, 6.45) is 5.35. The van der Waals surface area contributed by atoms with Gasteiger partial charge in [-0.1, -0.05) is 24.3 Å². The molecule has 1 atom stereocenters. The highest BCUT2D eigenvalue weighted by molar-refractivity contribution is 7.11. The van der Waals surface area contributed by atoms with E-state index in [1.54, 1.807) is 0 Å². The van der Waals surface area contributed by atoms with Gasteiger partial charge in [0.15, 0.2) is 0 Å². The van der Waals surface area contributed by atoms with Crippen LogP contribution in [0.25, 0.3) is 0 Å². The summed E-state index contributed by atoms with van der Waals surface area (Å²) in [4.78, 5) is 6.13. The van der Waals surface area contributed by atoms with Crippen LogP contribution in [0.1, 0.15) is 64.3 Å². The molecule has 1 aromatic carbocycles. The van der Waals surface area contributed by atoms with Crippen LogP contribution in [-0.2, 0) is 0 Å². The first-order valence-electron chi connectivity index (χ1n) is 8.00. The van der Waals surface area contributed by atoms with Crippen molar-refractivity contribution in [2.45, 2.75) is 57.5 Å². The molecule has 2 nitrogen and oxygen atoms in total. The lowest BCUT2D eigenvalue weighted by molar-refractivity contribution is 0.597. The van der Waals surface area contributed by atoms with Crippen LogP contribution in [0.3, 0.4) is 0 Å². The van der Waals surface area contributed by atoms with E-state index in [9.17, 15) is 0 Å². The molecule has 3 heteroatoms. The van der Waals surface area contributed by atoms with Crippen molar-refractivity contribution in [3.05, 3.63) is 51.0 Å². The van der Waals surface area contributed by atoms with E-state index in [4.69, 9.17) is 4.98 Å². The number of nitrogens with one attached hydrogen (secondary N) is 1. The van der Waals surface area contributed by atoms with Crippen LogP contribution in [0.2, 0.25) is 0 Å². The molecule has 2 saturated carbocycles. The number of aromatic nitrogens is 1. The fourth-order valence-electron chi connectivity index (χ4n) is 2.79. The Hall–Kier alpha value is -1.19. The molecule has 0 saturated heterocycles. The molecule has 1 heterocycles. The van der Waals surface area contributed by atoms with Gasteiger partial charge in [0.25, 0.3) is 0 Å². The zero-order valence-electron chi connectivity index (χ0n) is 12.7. The average molecular weight is 298 g/mol. The first-order valence-corrected chi connectivity index (χ1v) is 8.82. The average Bonchev–Trinajstić information content (AvgIpc) is 3.37.